The maximum atomic E-state index is 12.4. The molecule has 3 aromatic rings. The first kappa shape index (κ1) is 19.9. The molecule has 152 valence electrons. The van der Waals surface area contributed by atoms with Crippen molar-refractivity contribution in [2.45, 2.75) is 26.7 Å². The smallest absolute Gasteiger partial charge is 0.261 e. The van der Waals surface area contributed by atoms with Gasteiger partial charge >= 0.3 is 0 Å². The van der Waals surface area contributed by atoms with E-state index in [1.807, 2.05) is 24.3 Å². The van der Waals surface area contributed by atoms with Crippen LogP contribution in [0, 0.1) is 13.8 Å². The van der Waals surface area contributed by atoms with Gasteiger partial charge in [0.25, 0.3) is 11.8 Å². The van der Waals surface area contributed by atoms with Crippen LogP contribution in [0.4, 0.5) is 0 Å². The number of unbranched alkanes of at least 4 members (excludes halogenated alkanes) is 1. The molecule has 1 aliphatic heterocycles. The molecule has 0 saturated heterocycles. The van der Waals surface area contributed by atoms with E-state index in [0.717, 1.165) is 17.7 Å². The summed E-state index contributed by atoms with van der Waals surface area (Å²) in [4.78, 5) is 26.2. The quantitative estimate of drug-likeness (QED) is 0.393. The third-order valence-corrected chi connectivity index (χ3v) is 5.56. The molecule has 0 unspecified atom stereocenters. The standard InChI is InChI=1S/C26H25NO3/c1-18-10-3-4-12-20(18)24-19(2)11-9-15-23(24)30-17-8-7-16-27-25(28)21-13-5-6-14-22(21)26(27)29/h3-6,9-15H,7-8,16-17H2,1-2H3. The summed E-state index contributed by atoms with van der Waals surface area (Å²) in [6, 6.07) is 21.4. The third kappa shape index (κ3) is 3.73. The second kappa shape index (κ2) is 8.54. The molecule has 0 bridgehead atoms. The summed E-state index contributed by atoms with van der Waals surface area (Å²) in [5.74, 6) is 0.471. The Balaban J connectivity index is 1.36. The summed E-state index contributed by atoms with van der Waals surface area (Å²) in [7, 11) is 0. The van der Waals surface area contributed by atoms with E-state index in [1.54, 1.807) is 24.3 Å². The maximum Gasteiger partial charge on any atom is 0.261 e. The van der Waals surface area contributed by atoms with Gasteiger partial charge in [0.15, 0.2) is 0 Å². The molecule has 0 saturated carbocycles. The number of nitrogens with zero attached hydrogens (tertiary/aromatic N) is 1. The highest BCUT2D eigenvalue weighted by Gasteiger charge is 2.34. The fourth-order valence-corrected chi connectivity index (χ4v) is 3.96. The minimum atomic E-state index is -0.197. The van der Waals surface area contributed by atoms with E-state index < -0.39 is 0 Å². The summed E-state index contributed by atoms with van der Waals surface area (Å²) in [5.41, 5.74) is 5.69. The lowest BCUT2D eigenvalue weighted by molar-refractivity contribution is 0.0649. The summed E-state index contributed by atoms with van der Waals surface area (Å²) >= 11 is 0. The molecule has 4 nitrogen and oxygen atoms in total. The van der Waals surface area contributed by atoms with Crippen LogP contribution in [0.15, 0.2) is 66.7 Å². The number of fused-ring (bicyclic) bond motifs is 1. The van der Waals surface area contributed by atoms with E-state index >= 15 is 0 Å². The first-order valence-electron chi connectivity index (χ1n) is 10.3. The zero-order valence-corrected chi connectivity index (χ0v) is 17.4. The normalized spacial score (nSPS) is 12.9. The Morgan fingerprint density at radius 2 is 1.30 bits per heavy atom. The lowest BCUT2D eigenvalue weighted by Crippen LogP contribution is -2.30. The molecule has 30 heavy (non-hydrogen) atoms. The van der Waals surface area contributed by atoms with Crippen molar-refractivity contribution in [3.8, 4) is 16.9 Å². The van der Waals surface area contributed by atoms with Crippen molar-refractivity contribution >= 4 is 11.8 Å². The number of carbonyl (C=O) groups is 2. The third-order valence-electron chi connectivity index (χ3n) is 5.56. The van der Waals surface area contributed by atoms with Crippen LogP contribution in [-0.4, -0.2) is 29.9 Å². The average molecular weight is 399 g/mol. The monoisotopic (exact) mass is 399 g/mol. The average Bonchev–Trinajstić information content (AvgIpc) is 2.99. The topological polar surface area (TPSA) is 46.6 Å². The molecule has 0 radical (unpaired) electrons. The molecule has 2 amide bonds. The van der Waals surface area contributed by atoms with Crippen molar-refractivity contribution < 1.29 is 14.3 Å². The van der Waals surface area contributed by atoms with Gasteiger partial charge in [0.1, 0.15) is 5.75 Å². The molecule has 1 aliphatic rings. The molecule has 4 rings (SSSR count). The zero-order valence-electron chi connectivity index (χ0n) is 17.4. The number of hydrogen-bond donors (Lipinski definition) is 0. The molecule has 3 aromatic carbocycles. The molecular formula is C26H25NO3. The van der Waals surface area contributed by atoms with Crippen LogP contribution in [-0.2, 0) is 0 Å². The number of benzene rings is 3. The van der Waals surface area contributed by atoms with Crippen molar-refractivity contribution in [3.05, 3.63) is 89.0 Å². The fraction of sp³-hybridized carbons (Fsp3) is 0.231. The molecule has 4 heteroatoms. The second-order valence-electron chi connectivity index (χ2n) is 7.63. The van der Waals surface area contributed by atoms with Crippen LogP contribution in [0.3, 0.4) is 0 Å². The van der Waals surface area contributed by atoms with E-state index in [4.69, 9.17) is 4.74 Å². The zero-order chi connectivity index (χ0) is 21.1. The number of rotatable bonds is 7. The van der Waals surface area contributed by atoms with Crippen molar-refractivity contribution in [1.29, 1.82) is 0 Å². The predicted molar refractivity (Wildman–Crippen MR) is 118 cm³/mol. The number of carbonyl (C=O) groups excluding carboxylic acids is 2. The van der Waals surface area contributed by atoms with Gasteiger partial charge in [-0.15, -0.1) is 0 Å². The van der Waals surface area contributed by atoms with Gasteiger partial charge in [-0.1, -0.05) is 48.5 Å². The van der Waals surface area contributed by atoms with Crippen LogP contribution >= 0.6 is 0 Å². The van der Waals surface area contributed by atoms with Crippen LogP contribution < -0.4 is 4.74 Å². The lowest BCUT2D eigenvalue weighted by Gasteiger charge is -2.17. The van der Waals surface area contributed by atoms with E-state index in [9.17, 15) is 9.59 Å². The predicted octanol–water partition coefficient (Wildman–Crippen LogP) is 5.43. The first-order chi connectivity index (χ1) is 14.6. The maximum absolute atomic E-state index is 12.4. The largest absolute Gasteiger partial charge is 0.493 e. The number of amides is 2. The number of aryl methyl sites for hydroxylation is 2. The second-order valence-corrected chi connectivity index (χ2v) is 7.63. The van der Waals surface area contributed by atoms with Crippen molar-refractivity contribution in [1.82, 2.24) is 4.90 Å². The molecule has 0 atom stereocenters. The Labute approximate surface area is 177 Å². The van der Waals surface area contributed by atoms with Crippen LogP contribution in [0.25, 0.3) is 11.1 Å². The number of hydrogen-bond acceptors (Lipinski definition) is 3. The Kier molecular flexibility index (Phi) is 5.66. The SMILES string of the molecule is Cc1ccccc1-c1c(C)cccc1OCCCCN1C(=O)c2ccccc2C1=O. The fourth-order valence-electron chi connectivity index (χ4n) is 3.96. The summed E-state index contributed by atoms with van der Waals surface area (Å²) in [6.45, 7) is 5.14. The van der Waals surface area contributed by atoms with Gasteiger partial charge in [-0.25, -0.2) is 0 Å². The Morgan fingerprint density at radius 3 is 1.97 bits per heavy atom. The lowest BCUT2D eigenvalue weighted by atomic mass is 9.96. The van der Waals surface area contributed by atoms with E-state index in [0.29, 0.717) is 30.7 Å². The van der Waals surface area contributed by atoms with Crippen LogP contribution in [0.1, 0.15) is 44.7 Å². The van der Waals surface area contributed by atoms with Crippen molar-refractivity contribution in [2.24, 2.45) is 0 Å². The van der Waals surface area contributed by atoms with Gasteiger partial charge in [0.05, 0.1) is 17.7 Å². The minimum Gasteiger partial charge on any atom is -0.493 e. The van der Waals surface area contributed by atoms with Crippen molar-refractivity contribution in [2.75, 3.05) is 13.2 Å². The Bertz CT molecular complexity index is 1070. The van der Waals surface area contributed by atoms with E-state index in [-0.39, 0.29) is 11.8 Å². The molecule has 0 fully saturated rings. The number of imide groups is 1. The summed E-state index contributed by atoms with van der Waals surface area (Å²) in [5, 5.41) is 0. The molecule has 0 N–H and O–H groups in total. The van der Waals surface area contributed by atoms with Gasteiger partial charge in [-0.05, 0) is 61.6 Å². The van der Waals surface area contributed by atoms with Gasteiger partial charge < -0.3 is 4.74 Å². The van der Waals surface area contributed by atoms with E-state index in [1.165, 1.54) is 21.6 Å². The highest BCUT2D eigenvalue weighted by atomic mass is 16.5. The molecular weight excluding hydrogens is 374 g/mol. The molecule has 0 aliphatic carbocycles. The van der Waals surface area contributed by atoms with Crippen molar-refractivity contribution in [3.63, 3.8) is 0 Å². The Morgan fingerprint density at radius 1 is 0.700 bits per heavy atom. The van der Waals surface area contributed by atoms with Gasteiger partial charge in [-0.2, -0.15) is 0 Å². The first-order valence-corrected chi connectivity index (χ1v) is 10.3. The number of ether oxygens (including phenoxy) is 1. The summed E-state index contributed by atoms with van der Waals surface area (Å²) < 4.78 is 6.12. The van der Waals surface area contributed by atoms with Gasteiger partial charge in [0, 0.05) is 12.1 Å². The molecule has 1 heterocycles. The highest BCUT2D eigenvalue weighted by molar-refractivity contribution is 6.21. The van der Waals surface area contributed by atoms with E-state index in [2.05, 4.69) is 32.0 Å². The minimum absolute atomic E-state index is 0.197. The van der Waals surface area contributed by atoms with Gasteiger partial charge in [0.2, 0.25) is 0 Å². The Hall–Kier alpha value is -3.40. The van der Waals surface area contributed by atoms with Crippen LogP contribution in [0.5, 0.6) is 5.75 Å². The van der Waals surface area contributed by atoms with Gasteiger partial charge in [-0.3, -0.25) is 14.5 Å². The van der Waals surface area contributed by atoms with Crippen LogP contribution in [0.2, 0.25) is 0 Å². The molecule has 0 aromatic heterocycles. The summed E-state index contributed by atoms with van der Waals surface area (Å²) in [6.07, 6.45) is 1.46. The molecule has 0 spiro atoms. The highest BCUT2D eigenvalue weighted by Crippen LogP contribution is 2.35.